The third kappa shape index (κ3) is 2.64. The number of thiophene rings is 1. The number of rotatable bonds is 4. The number of hydrogen-bond donors (Lipinski definition) is 1. The highest BCUT2D eigenvalue weighted by atomic mass is 32.1. The van der Waals surface area contributed by atoms with Crippen molar-refractivity contribution in [1.82, 2.24) is 10.2 Å². The summed E-state index contributed by atoms with van der Waals surface area (Å²) in [6, 6.07) is 11.2. The molecule has 0 bridgehead atoms. The third-order valence-electron chi connectivity index (χ3n) is 3.36. The molecule has 0 atom stereocenters. The number of benzene rings is 1. The van der Waals surface area contributed by atoms with Gasteiger partial charge in [0.1, 0.15) is 0 Å². The molecule has 1 aromatic heterocycles. The van der Waals surface area contributed by atoms with Gasteiger partial charge in [0.25, 0.3) is 0 Å². The van der Waals surface area contributed by atoms with Crippen molar-refractivity contribution >= 4 is 11.3 Å². The van der Waals surface area contributed by atoms with Crippen LogP contribution >= 0.6 is 11.3 Å². The Morgan fingerprint density at radius 3 is 2.89 bits per heavy atom. The van der Waals surface area contributed by atoms with Crippen LogP contribution in [-0.4, -0.2) is 11.9 Å². The molecule has 0 aliphatic carbocycles. The Morgan fingerprint density at radius 2 is 2.06 bits per heavy atom. The standard InChI is InChI=1S/C15H18N2S/c1-17(11-15-3-2-6-18-15)10-12-4-5-13-8-16-9-14(13)7-12/h2-7,16H,8-11H2,1H3. The van der Waals surface area contributed by atoms with E-state index in [2.05, 4.69) is 53.0 Å². The molecular formula is C15H18N2S. The minimum Gasteiger partial charge on any atom is -0.309 e. The molecule has 2 nitrogen and oxygen atoms in total. The average Bonchev–Trinajstić information content (AvgIpc) is 2.98. The van der Waals surface area contributed by atoms with Crippen LogP contribution in [0, 0.1) is 0 Å². The zero-order valence-corrected chi connectivity index (χ0v) is 11.5. The second kappa shape index (κ2) is 5.22. The molecular weight excluding hydrogens is 240 g/mol. The highest BCUT2D eigenvalue weighted by molar-refractivity contribution is 7.09. The molecule has 0 unspecified atom stereocenters. The predicted octanol–water partition coefficient (Wildman–Crippen LogP) is 2.98. The van der Waals surface area contributed by atoms with Crippen LogP contribution in [0.4, 0.5) is 0 Å². The van der Waals surface area contributed by atoms with Gasteiger partial charge < -0.3 is 5.32 Å². The van der Waals surface area contributed by atoms with Gasteiger partial charge in [0.15, 0.2) is 0 Å². The van der Waals surface area contributed by atoms with E-state index in [0.717, 1.165) is 26.2 Å². The topological polar surface area (TPSA) is 15.3 Å². The van der Waals surface area contributed by atoms with Crippen LogP contribution in [0.5, 0.6) is 0 Å². The maximum Gasteiger partial charge on any atom is 0.0328 e. The fraction of sp³-hybridized carbons (Fsp3) is 0.333. The van der Waals surface area contributed by atoms with E-state index in [4.69, 9.17) is 0 Å². The van der Waals surface area contributed by atoms with Crippen LogP contribution in [0.2, 0.25) is 0 Å². The molecule has 0 fully saturated rings. The third-order valence-corrected chi connectivity index (χ3v) is 4.22. The Bertz CT molecular complexity index is 519. The molecule has 18 heavy (non-hydrogen) atoms. The molecule has 2 aromatic rings. The number of fused-ring (bicyclic) bond motifs is 1. The molecule has 3 heteroatoms. The zero-order valence-electron chi connectivity index (χ0n) is 10.6. The first-order valence-electron chi connectivity index (χ1n) is 6.33. The van der Waals surface area contributed by atoms with Crippen molar-refractivity contribution in [3.05, 3.63) is 57.3 Å². The summed E-state index contributed by atoms with van der Waals surface area (Å²) >= 11 is 1.83. The molecule has 1 aliphatic rings. The minimum absolute atomic E-state index is 1.02. The number of nitrogens with zero attached hydrogens (tertiary/aromatic N) is 1. The lowest BCUT2D eigenvalue weighted by Gasteiger charge is -2.16. The van der Waals surface area contributed by atoms with Crippen molar-refractivity contribution in [3.63, 3.8) is 0 Å². The van der Waals surface area contributed by atoms with Crippen LogP contribution in [-0.2, 0) is 26.2 Å². The van der Waals surface area contributed by atoms with E-state index < -0.39 is 0 Å². The van der Waals surface area contributed by atoms with Gasteiger partial charge in [-0.15, -0.1) is 11.3 Å². The molecule has 3 rings (SSSR count). The Morgan fingerprint density at radius 1 is 1.17 bits per heavy atom. The fourth-order valence-electron chi connectivity index (χ4n) is 2.48. The van der Waals surface area contributed by atoms with E-state index in [-0.39, 0.29) is 0 Å². The van der Waals surface area contributed by atoms with Crippen molar-refractivity contribution in [1.29, 1.82) is 0 Å². The van der Waals surface area contributed by atoms with Crippen LogP contribution in [0.3, 0.4) is 0 Å². The molecule has 1 N–H and O–H groups in total. The summed E-state index contributed by atoms with van der Waals surface area (Å²) in [5.41, 5.74) is 4.34. The number of nitrogens with one attached hydrogen (secondary N) is 1. The van der Waals surface area contributed by atoms with Crippen LogP contribution in [0.1, 0.15) is 21.6 Å². The van der Waals surface area contributed by atoms with E-state index in [1.54, 1.807) is 0 Å². The smallest absolute Gasteiger partial charge is 0.0328 e. The fourth-order valence-corrected chi connectivity index (χ4v) is 3.27. The first-order valence-corrected chi connectivity index (χ1v) is 7.21. The normalized spacial score (nSPS) is 14.1. The molecule has 0 spiro atoms. The van der Waals surface area contributed by atoms with E-state index in [1.165, 1.54) is 21.6 Å². The van der Waals surface area contributed by atoms with Crippen molar-refractivity contribution in [2.45, 2.75) is 26.2 Å². The van der Waals surface area contributed by atoms with Gasteiger partial charge in [-0.25, -0.2) is 0 Å². The highest BCUT2D eigenvalue weighted by Gasteiger charge is 2.10. The van der Waals surface area contributed by atoms with E-state index in [0.29, 0.717) is 0 Å². The van der Waals surface area contributed by atoms with E-state index in [1.807, 2.05) is 11.3 Å². The average molecular weight is 258 g/mol. The SMILES string of the molecule is CN(Cc1ccc2c(c1)CNC2)Cc1cccs1. The summed E-state index contributed by atoms with van der Waals surface area (Å²) in [6.07, 6.45) is 0. The molecule has 2 heterocycles. The van der Waals surface area contributed by atoms with Gasteiger partial charge in [-0.05, 0) is 35.2 Å². The molecule has 0 amide bonds. The van der Waals surface area contributed by atoms with Gasteiger partial charge in [0, 0.05) is 31.1 Å². The summed E-state index contributed by atoms with van der Waals surface area (Å²) in [5, 5.41) is 5.54. The molecule has 1 aromatic carbocycles. The largest absolute Gasteiger partial charge is 0.309 e. The van der Waals surface area contributed by atoms with E-state index in [9.17, 15) is 0 Å². The van der Waals surface area contributed by atoms with Crippen molar-refractivity contribution < 1.29 is 0 Å². The minimum atomic E-state index is 1.02. The monoisotopic (exact) mass is 258 g/mol. The highest BCUT2D eigenvalue weighted by Crippen LogP contribution is 2.19. The van der Waals surface area contributed by atoms with Crippen LogP contribution in [0.25, 0.3) is 0 Å². The zero-order chi connectivity index (χ0) is 12.4. The molecule has 0 saturated carbocycles. The van der Waals surface area contributed by atoms with Crippen molar-refractivity contribution in [2.75, 3.05) is 7.05 Å². The van der Waals surface area contributed by atoms with Gasteiger partial charge in [-0.1, -0.05) is 24.3 Å². The van der Waals surface area contributed by atoms with Gasteiger partial charge in [-0.3, -0.25) is 4.90 Å². The Balaban J connectivity index is 1.65. The summed E-state index contributed by atoms with van der Waals surface area (Å²) < 4.78 is 0. The van der Waals surface area contributed by atoms with Gasteiger partial charge in [0.05, 0.1) is 0 Å². The first-order chi connectivity index (χ1) is 8.81. The lowest BCUT2D eigenvalue weighted by molar-refractivity contribution is 0.322. The first kappa shape index (κ1) is 11.9. The molecule has 0 saturated heterocycles. The Kier molecular flexibility index (Phi) is 3.46. The van der Waals surface area contributed by atoms with Gasteiger partial charge in [0.2, 0.25) is 0 Å². The lowest BCUT2D eigenvalue weighted by Crippen LogP contribution is -2.16. The lowest BCUT2D eigenvalue weighted by atomic mass is 10.1. The summed E-state index contributed by atoms with van der Waals surface area (Å²) in [5.74, 6) is 0. The summed E-state index contributed by atoms with van der Waals surface area (Å²) in [7, 11) is 2.19. The van der Waals surface area contributed by atoms with Gasteiger partial charge >= 0.3 is 0 Å². The molecule has 1 aliphatic heterocycles. The van der Waals surface area contributed by atoms with Gasteiger partial charge in [-0.2, -0.15) is 0 Å². The molecule has 0 radical (unpaired) electrons. The Hall–Kier alpha value is -1.16. The Labute approximate surface area is 112 Å². The molecule has 94 valence electrons. The van der Waals surface area contributed by atoms with Crippen molar-refractivity contribution in [3.8, 4) is 0 Å². The van der Waals surface area contributed by atoms with Crippen LogP contribution in [0.15, 0.2) is 35.7 Å². The summed E-state index contributed by atoms with van der Waals surface area (Å²) in [6.45, 7) is 4.11. The second-order valence-corrected chi connectivity index (χ2v) is 5.99. The maximum absolute atomic E-state index is 3.39. The quantitative estimate of drug-likeness (QED) is 0.907. The maximum atomic E-state index is 3.39. The summed E-state index contributed by atoms with van der Waals surface area (Å²) in [4.78, 5) is 3.80. The predicted molar refractivity (Wildman–Crippen MR) is 76.5 cm³/mol. The van der Waals surface area contributed by atoms with E-state index >= 15 is 0 Å². The second-order valence-electron chi connectivity index (χ2n) is 4.96. The van der Waals surface area contributed by atoms with Crippen LogP contribution < -0.4 is 5.32 Å². The number of hydrogen-bond acceptors (Lipinski definition) is 3. The van der Waals surface area contributed by atoms with Crippen molar-refractivity contribution in [2.24, 2.45) is 0 Å².